The highest BCUT2D eigenvalue weighted by Gasteiger charge is 2.15. The van der Waals surface area contributed by atoms with Crippen LogP contribution in [-0.4, -0.2) is 45.8 Å². The second kappa shape index (κ2) is 8.99. The first-order chi connectivity index (χ1) is 13.5. The van der Waals surface area contributed by atoms with E-state index in [1.807, 2.05) is 0 Å². The zero-order valence-corrected chi connectivity index (χ0v) is 16.6. The van der Waals surface area contributed by atoms with Gasteiger partial charge < -0.3 is 9.64 Å². The van der Waals surface area contributed by atoms with E-state index in [2.05, 4.69) is 10.2 Å². The number of rotatable bonds is 7. The summed E-state index contributed by atoms with van der Waals surface area (Å²) in [6, 6.07) is 13.2. The fourth-order valence-electron chi connectivity index (χ4n) is 2.52. The van der Waals surface area contributed by atoms with E-state index in [4.69, 9.17) is 28.6 Å². The number of halogens is 2. The molecule has 3 aromatic rings. The van der Waals surface area contributed by atoms with E-state index in [1.54, 1.807) is 54.1 Å². The number of nitrogens with one attached hydrogen (secondary N) is 1. The maximum Gasteiger partial charge on any atom is 0.242 e. The van der Waals surface area contributed by atoms with Gasteiger partial charge in [0.15, 0.2) is 22.2 Å². The van der Waals surface area contributed by atoms with Crippen molar-refractivity contribution in [2.24, 2.45) is 0 Å². The summed E-state index contributed by atoms with van der Waals surface area (Å²) < 4.78 is 20.9. The maximum absolute atomic E-state index is 13.6. The minimum Gasteiger partial charge on any atom is -0.489 e. The Balaban J connectivity index is 1.63. The highest BCUT2D eigenvalue weighted by molar-refractivity contribution is 7.71. The number of aromatic amines is 1. The first kappa shape index (κ1) is 20.0. The third kappa shape index (κ3) is 4.76. The van der Waals surface area contributed by atoms with Crippen LogP contribution in [0.15, 0.2) is 48.5 Å². The number of carbonyl (C=O) groups excluding carboxylic acids is 1. The molecule has 1 aromatic heterocycles. The minimum atomic E-state index is -0.436. The van der Waals surface area contributed by atoms with Gasteiger partial charge in [-0.3, -0.25) is 14.5 Å². The lowest BCUT2D eigenvalue weighted by atomic mass is 10.2. The summed E-state index contributed by atoms with van der Waals surface area (Å²) in [6.45, 7) is 0.488. The van der Waals surface area contributed by atoms with Gasteiger partial charge in [0, 0.05) is 17.6 Å². The lowest BCUT2D eigenvalue weighted by molar-refractivity contribution is -0.130. The van der Waals surface area contributed by atoms with Crippen LogP contribution in [0.25, 0.3) is 11.4 Å². The van der Waals surface area contributed by atoms with Crippen LogP contribution in [0.4, 0.5) is 4.39 Å². The van der Waals surface area contributed by atoms with Gasteiger partial charge in [0.25, 0.3) is 0 Å². The summed E-state index contributed by atoms with van der Waals surface area (Å²) in [4.78, 5) is 14.1. The number of ether oxygens (including phenoxy) is 1. The summed E-state index contributed by atoms with van der Waals surface area (Å²) in [5.74, 6) is 0.0927. The molecular formula is C19H18ClFN4O2S. The number of hydrogen-bond donors (Lipinski definition) is 1. The van der Waals surface area contributed by atoms with Gasteiger partial charge in [0.05, 0.1) is 6.54 Å². The van der Waals surface area contributed by atoms with Gasteiger partial charge in [-0.2, -0.15) is 5.10 Å². The second-order valence-corrected chi connectivity index (χ2v) is 6.86. The molecule has 6 nitrogen and oxygen atoms in total. The summed E-state index contributed by atoms with van der Waals surface area (Å²) in [6.07, 6.45) is 0. The number of benzene rings is 2. The Hall–Kier alpha value is -2.71. The Morgan fingerprint density at radius 3 is 2.71 bits per heavy atom. The van der Waals surface area contributed by atoms with Crippen LogP contribution >= 0.6 is 23.8 Å². The highest BCUT2D eigenvalue weighted by Crippen LogP contribution is 2.20. The Labute approximate surface area is 171 Å². The smallest absolute Gasteiger partial charge is 0.242 e. The van der Waals surface area contributed by atoms with Crippen molar-refractivity contribution in [3.8, 4) is 17.1 Å². The van der Waals surface area contributed by atoms with Crippen LogP contribution < -0.4 is 4.74 Å². The molecule has 28 heavy (non-hydrogen) atoms. The van der Waals surface area contributed by atoms with Crippen LogP contribution in [0.5, 0.6) is 5.75 Å². The van der Waals surface area contributed by atoms with Gasteiger partial charge >= 0.3 is 0 Å². The SMILES string of the molecule is CN(CCOc1ccccc1F)C(=O)Cn1c(-c2ccc(Cl)cc2)n[nH]c1=S. The van der Waals surface area contributed by atoms with E-state index in [1.165, 1.54) is 11.0 Å². The maximum atomic E-state index is 13.6. The predicted molar refractivity (Wildman–Crippen MR) is 107 cm³/mol. The molecule has 0 aliphatic carbocycles. The van der Waals surface area contributed by atoms with Crippen LogP contribution in [-0.2, 0) is 11.3 Å². The van der Waals surface area contributed by atoms with Crippen LogP contribution in [0.3, 0.4) is 0 Å². The molecule has 9 heteroatoms. The molecule has 0 aliphatic heterocycles. The molecule has 0 atom stereocenters. The number of hydrogen-bond acceptors (Lipinski definition) is 4. The van der Waals surface area contributed by atoms with Crippen LogP contribution in [0.2, 0.25) is 5.02 Å². The molecule has 0 unspecified atom stereocenters. The van der Waals surface area contributed by atoms with Crippen molar-refractivity contribution in [3.05, 3.63) is 64.1 Å². The number of para-hydroxylation sites is 1. The fourth-order valence-corrected chi connectivity index (χ4v) is 2.84. The first-order valence-corrected chi connectivity index (χ1v) is 9.27. The van der Waals surface area contributed by atoms with Gasteiger partial charge in [0.1, 0.15) is 13.2 Å². The van der Waals surface area contributed by atoms with Crippen molar-refractivity contribution in [1.29, 1.82) is 0 Å². The average Bonchev–Trinajstić information content (AvgIpc) is 3.04. The monoisotopic (exact) mass is 420 g/mol. The van der Waals surface area contributed by atoms with Crippen molar-refractivity contribution in [2.45, 2.75) is 6.54 Å². The number of aromatic nitrogens is 3. The minimum absolute atomic E-state index is 0.0174. The van der Waals surface area contributed by atoms with E-state index in [9.17, 15) is 9.18 Å². The molecule has 0 radical (unpaired) electrons. The van der Waals surface area contributed by atoms with E-state index in [-0.39, 0.29) is 24.8 Å². The molecular weight excluding hydrogens is 403 g/mol. The average molecular weight is 421 g/mol. The highest BCUT2D eigenvalue weighted by atomic mass is 35.5. The van der Waals surface area contributed by atoms with Crippen molar-refractivity contribution in [3.63, 3.8) is 0 Å². The lowest BCUT2D eigenvalue weighted by Gasteiger charge is -2.18. The number of likely N-dealkylation sites (N-methyl/N-ethyl adjacent to an activating group) is 1. The number of nitrogens with zero attached hydrogens (tertiary/aromatic N) is 3. The molecule has 0 aliphatic rings. The third-order valence-electron chi connectivity index (χ3n) is 4.10. The molecule has 0 bridgehead atoms. The summed E-state index contributed by atoms with van der Waals surface area (Å²) in [7, 11) is 1.65. The molecule has 2 aromatic carbocycles. The van der Waals surface area contributed by atoms with Gasteiger partial charge in [0.2, 0.25) is 5.91 Å². The van der Waals surface area contributed by atoms with Crippen molar-refractivity contribution < 1.29 is 13.9 Å². The van der Waals surface area contributed by atoms with Gasteiger partial charge in [-0.15, -0.1) is 0 Å². The van der Waals surface area contributed by atoms with Crippen LogP contribution in [0, 0.1) is 10.6 Å². The van der Waals surface area contributed by atoms with Gasteiger partial charge in [-0.1, -0.05) is 23.7 Å². The number of amides is 1. The molecule has 1 amide bonds. The van der Waals surface area contributed by atoms with Crippen molar-refractivity contribution in [1.82, 2.24) is 19.7 Å². The molecule has 0 spiro atoms. The zero-order valence-electron chi connectivity index (χ0n) is 15.1. The standard InChI is InChI=1S/C19H18ClFN4O2S/c1-24(10-11-27-16-5-3-2-4-15(16)21)17(26)12-25-18(22-23-19(25)28)13-6-8-14(20)9-7-13/h2-9H,10-12H2,1H3,(H,23,28). The normalized spacial score (nSPS) is 10.7. The lowest BCUT2D eigenvalue weighted by Crippen LogP contribution is -2.33. The molecule has 1 N–H and O–H groups in total. The van der Waals surface area contributed by atoms with Gasteiger partial charge in [-0.25, -0.2) is 4.39 Å². The summed E-state index contributed by atoms with van der Waals surface area (Å²) in [5, 5.41) is 7.52. The third-order valence-corrected chi connectivity index (χ3v) is 4.66. The Morgan fingerprint density at radius 2 is 2.00 bits per heavy atom. The van der Waals surface area contributed by atoms with Crippen molar-refractivity contribution in [2.75, 3.05) is 20.2 Å². The fraction of sp³-hybridized carbons (Fsp3) is 0.211. The summed E-state index contributed by atoms with van der Waals surface area (Å²) in [5.41, 5.74) is 0.787. The Bertz CT molecular complexity index is 1020. The first-order valence-electron chi connectivity index (χ1n) is 8.48. The van der Waals surface area contributed by atoms with Gasteiger partial charge in [-0.05, 0) is 48.6 Å². The molecule has 0 saturated carbocycles. The van der Waals surface area contributed by atoms with Crippen LogP contribution in [0.1, 0.15) is 0 Å². The number of carbonyl (C=O) groups is 1. The van der Waals surface area contributed by atoms with Crippen molar-refractivity contribution >= 4 is 29.7 Å². The number of H-pyrrole nitrogens is 1. The quantitative estimate of drug-likeness (QED) is 0.588. The molecule has 146 valence electrons. The van der Waals surface area contributed by atoms with E-state index in [0.29, 0.717) is 22.2 Å². The topological polar surface area (TPSA) is 63.1 Å². The molecule has 0 fully saturated rings. The van der Waals surface area contributed by atoms with E-state index >= 15 is 0 Å². The Morgan fingerprint density at radius 1 is 1.29 bits per heavy atom. The zero-order chi connectivity index (χ0) is 20.1. The summed E-state index contributed by atoms with van der Waals surface area (Å²) >= 11 is 11.2. The van der Waals surface area contributed by atoms with E-state index in [0.717, 1.165) is 5.56 Å². The second-order valence-electron chi connectivity index (χ2n) is 6.04. The predicted octanol–water partition coefficient (Wildman–Crippen LogP) is 3.94. The molecule has 0 saturated heterocycles. The Kier molecular flexibility index (Phi) is 6.43. The van der Waals surface area contributed by atoms with E-state index < -0.39 is 5.82 Å². The molecule has 1 heterocycles. The molecule has 3 rings (SSSR count). The largest absolute Gasteiger partial charge is 0.489 e.